The lowest BCUT2D eigenvalue weighted by Gasteiger charge is -2.27. The Morgan fingerprint density at radius 1 is 1.38 bits per heavy atom. The molecule has 1 N–H and O–H groups in total. The minimum atomic E-state index is -0.408. The molecular weight excluding hydrogens is 270 g/mol. The van der Waals surface area contributed by atoms with Gasteiger partial charge in [0.2, 0.25) is 5.91 Å². The largest absolute Gasteiger partial charge is 0.342 e. The zero-order valence-corrected chi connectivity index (χ0v) is 12.2. The zero-order chi connectivity index (χ0) is 15.2. The average molecular weight is 291 g/mol. The van der Waals surface area contributed by atoms with Crippen LogP contribution >= 0.6 is 0 Å². The topological polar surface area (TPSA) is 75.5 Å². The molecule has 1 fully saturated rings. The highest BCUT2D eigenvalue weighted by atomic mass is 16.6. The summed E-state index contributed by atoms with van der Waals surface area (Å²) in [7, 11) is 0. The second-order valence-corrected chi connectivity index (χ2v) is 5.40. The molecule has 21 heavy (non-hydrogen) atoms. The summed E-state index contributed by atoms with van der Waals surface area (Å²) < 4.78 is 0. The van der Waals surface area contributed by atoms with Crippen molar-refractivity contribution in [2.24, 2.45) is 0 Å². The molecule has 1 saturated heterocycles. The van der Waals surface area contributed by atoms with Crippen LogP contribution in [0.5, 0.6) is 0 Å². The van der Waals surface area contributed by atoms with Gasteiger partial charge in [-0.2, -0.15) is 0 Å². The van der Waals surface area contributed by atoms with E-state index in [1.54, 1.807) is 12.1 Å². The molecule has 1 unspecified atom stereocenters. The second-order valence-electron chi connectivity index (χ2n) is 5.40. The highest BCUT2D eigenvalue weighted by Gasteiger charge is 2.17. The van der Waals surface area contributed by atoms with Crippen molar-refractivity contribution in [2.45, 2.75) is 32.2 Å². The number of amides is 1. The number of nitrogens with zero attached hydrogens (tertiary/aromatic N) is 2. The van der Waals surface area contributed by atoms with E-state index in [4.69, 9.17) is 0 Å². The summed E-state index contributed by atoms with van der Waals surface area (Å²) in [5, 5.41) is 13.9. The first kappa shape index (κ1) is 15.4. The standard InChI is InChI=1S/C15H21N3O3/c1-12(13-6-5-7-14(10-13)18(20)21)16-11-15(19)17-8-3-2-4-9-17/h5-7,10,12,16H,2-4,8-9,11H2,1H3. The van der Waals surface area contributed by atoms with Crippen LogP contribution in [-0.2, 0) is 4.79 Å². The summed E-state index contributed by atoms with van der Waals surface area (Å²) in [6, 6.07) is 6.41. The van der Waals surface area contributed by atoms with Crippen LogP contribution in [0.15, 0.2) is 24.3 Å². The van der Waals surface area contributed by atoms with Crippen LogP contribution in [0, 0.1) is 10.1 Å². The number of non-ortho nitro benzene ring substituents is 1. The van der Waals surface area contributed by atoms with E-state index in [1.165, 1.54) is 12.5 Å². The third-order valence-corrected chi connectivity index (χ3v) is 3.85. The molecule has 0 spiro atoms. The molecule has 1 aliphatic heterocycles. The van der Waals surface area contributed by atoms with Gasteiger partial charge < -0.3 is 10.2 Å². The van der Waals surface area contributed by atoms with Crippen LogP contribution in [0.4, 0.5) is 5.69 Å². The molecule has 1 amide bonds. The number of rotatable bonds is 5. The number of nitro benzene ring substituents is 1. The third kappa shape index (κ3) is 4.26. The van der Waals surface area contributed by atoms with E-state index >= 15 is 0 Å². The number of benzene rings is 1. The summed E-state index contributed by atoms with van der Waals surface area (Å²) in [5.41, 5.74) is 0.888. The van der Waals surface area contributed by atoms with Crippen LogP contribution in [0.3, 0.4) is 0 Å². The summed E-state index contributed by atoms with van der Waals surface area (Å²) in [4.78, 5) is 24.3. The average Bonchev–Trinajstić information content (AvgIpc) is 2.53. The van der Waals surface area contributed by atoms with E-state index in [1.807, 2.05) is 17.9 Å². The van der Waals surface area contributed by atoms with Crippen molar-refractivity contribution >= 4 is 11.6 Å². The Labute approximate surface area is 124 Å². The van der Waals surface area contributed by atoms with E-state index in [9.17, 15) is 14.9 Å². The van der Waals surface area contributed by atoms with Crippen molar-refractivity contribution in [2.75, 3.05) is 19.6 Å². The van der Waals surface area contributed by atoms with E-state index in [0.29, 0.717) is 0 Å². The fourth-order valence-electron chi connectivity index (χ4n) is 2.52. The SMILES string of the molecule is CC(NCC(=O)N1CCCCC1)c1cccc([N+](=O)[O-])c1. The summed E-state index contributed by atoms with van der Waals surface area (Å²) >= 11 is 0. The van der Waals surface area contributed by atoms with Crippen LogP contribution in [0.1, 0.15) is 37.8 Å². The number of carbonyl (C=O) groups is 1. The summed E-state index contributed by atoms with van der Waals surface area (Å²) in [6.07, 6.45) is 3.35. The minimum Gasteiger partial charge on any atom is -0.342 e. The van der Waals surface area contributed by atoms with Crippen molar-refractivity contribution in [1.29, 1.82) is 0 Å². The molecule has 6 nitrogen and oxygen atoms in total. The molecule has 6 heteroatoms. The number of nitro groups is 1. The highest BCUT2D eigenvalue weighted by Crippen LogP contribution is 2.18. The van der Waals surface area contributed by atoms with Gasteiger partial charge >= 0.3 is 0 Å². The van der Waals surface area contributed by atoms with Crippen molar-refractivity contribution < 1.29 is 9.72 Å². The van der Waals surface area contributed by atoms with Crippen molar-refractivity contribution in [3.8, 4) is 0 Å². The van der Waals surface area contributed by atoms with Gasteiger partial charge in [0.1, 0.15) is 0 Å². The maximum atomic E-state index is 12.1. The first-order chi connectivity index (χ1) is 10.1. The number of hydrogen-bond donors (Lipinski definition) is 1. The Morgan fingerprint density at radius 3 is 2.76 bits per heavy atom. The van der Waals surface area contributed by atoms with E-state index < -0.39 is 4.92 Å². The van der Waals surface area contributed by atoms with Gasteiger partial charge in [0.05, 0.1) is 11.5 Å². The Morgan fingerprint density at radius 2 is 2.10 bits per heavy atom. The molecule has 2 rings (SSSR count). The van der Waals surface area contributed by atoms with Crippen LogP contribution < -0.4 is 5.32 Å². The van der Waals surface area contributed by atoms with Gasteiger partial charge in [-0.15, -0.1) is 0 Å². The monoisotopic (exact) mass is 291 g/mol. The molecule has 1 aromatic rings. The predicted octanol–water partition coefficient (Wildman–Crippen LogP) is 2.26. The molecule has 114 valence electrons. The molecule has 1 aliphatic rings. The Bertz CT molecular complexity index is 513. The smallest absolute Gasteiger partial charge is 0.269 e. The van der Waals surface area contributed by atoms with E-state index in [2.05, 4.69) is 5.32 Å². The predicted molar refractivity (Wildman–Crippen MR) is 79.9 cm³/mol. The van der Waals surface area contributed by atoms with Crippen LogP contribution in [0.2, 0.25) is 0 Å². The van der Waals surface area contributed by atoms with Gasteiger partial charge in [-0.1, -0.05) is 12.1 Å². The molecular formula is C15H21N3O3. The minimum absolute atomic E-state index is 0.0727. The fourth-order valence-corrected chi connectivity index (χ4v) is 2.52. The number of hydrogen-bond acceptors (Lipinski definition) is 4. The van der Waals surface area contributed by atoms with Crippen molar-refractivity contribution in [3.05, 3.63) is 39.9 Å². The van der Waals surface area contributed by atoms with Gasteiger partial charge in [0, 0.05) is 31.3 Å². The maximum Gasteiger partial charge on any atom is 0.269 e. The first-order valence-electron chi connectivity index (χ1n) is 7.33. The van der Waals surface area contributed by atoms with E-state index in [0.717, 1.165) is 31.5 Å². The second kappa shape index (κ2) is 7.17. The number of piperidine rings is 1. The molecule has 1 aromatic carbocycles. The summed E-state index contributed by atoms with van der Waals surface area (Å²) in [6.45, 7) is 3.85. The first-order valence-corrected chi connectivity index (χ1v) is 7.33. The number of nitrogens with one attached hydrogen (secondary N) is 1. The van der Waals surface area contributed by atoms with E-state index in [-0.39, 0.29) is 24.2 Å². The lowest BCUT2D eigenvalue weighted by atomic mass is 10.1. The molecule has 1 heterocycles. The third-order valence-electron chi connectivity index (χ3n) is 3.85. The van der Waals surface area contributed by atoms with Gasteiger partial charge in [0.15, 0.2) is 0 Å². The normalized spacial score (nSPS) is 16.5. The fraction of sp³-hybridized carbons (Fsp3) is 0.533. The van der Waals surface area contributed by atoms with Gasteiger partial charge in [0.25, 0.3) is 5.69 Å². The van der Waals surface area contributed by atoms with Crippen LogP contribution in [0.25, 0.3) is 0 Å². The van der Waals surface area contributed by atoms with Crippen molar-refractivity contribution in [1.82, 2.24) is 10.2 Å². The Kier molecular flexibility index (Phi) is 5.27. The number of likely N-dealkylation sites (tertiary alicyclic amines) is 1. The van der Waals surface area contributed by atoms with Gasteiger partial charge in [-0.25, -0.2) is 0 Å². The summed E-state index contributed by atoms with van der Waals surface area (Å²) in [5.74, 6) is 0.104. The molecule has 0 bridgehead atoms. The Balaban J connectivity index is 1.89. The zero-order valence-electron chi connectivity index (χ0n) is 12.2. The number of carbonyl (C=O) groups excluding carboxylic acids is 1. The molecule has 0 aliphatic carbocycles. The molecule has 0 radical (unpaired) electrons. The van der Waals surface area contributed by atoms with Gasteiger partial charge in [-0.05, 0) is 31.7 Å². The maximum absolute atomic E-state index is 12.1. The molecule has 1 atom stereocenters. The van der Waals surface area contributed by atoms with Crippen LogP contribution in [-0.4, -0.2) is 35.4 Å². The molecule has 0 aromatic heterocycles. The lowest BCUT2D eigenvalue weighted by Crippen LogP contribution is -2.41. The highest BCUT2D eigenvalue weighted by molar-refractivity contribution is 5.78. The van der Waals surface area contributed by atoms with Crippen molar-refractivity contribution in [3.63, 3.8) is 0 Å². The van der Waals surface area contributed by atoms with Gasteiger partial charge in [-0.3, -0.25) is 14.9 Å². The quantitative estimate of drug-likeness (QED) is 0.667. The molecule has 0 saturated carbocycles. The lowest BCUT2D eigenvalue weighted by molar-refractivity contribution is -0.384. The Hall–Kier alpha value is -1.95.